The summed E-state index contributed by atoms with van der Waals surface area (Å²) in [6.07, 6.45) is 2.44. The lowest BCUT2D eigenvalue weighted by Gasteiger charge is -2.34. The number of ether oxygens (including phenoxy) is 1. The van der Waals surface area contributed by atoms with Gasteiger partial charge in [0.15, 0.2) is 5.78 Å². The summed E-state index contributed by atoms with van der Waals surface area (Å²) in [5, 5.41) is 0. The molecular formula is C26H23F2NO2. The SMILES string of the molecule is COc1cccc(C2C=C(c3cc(F)ccc3F)CCN2CC(=O)c2ccccc2)c1. The van der Waals surface area contributed by atoms with Crippen LogP contribution >= 0.6 is 0 Å². The van der Waals surface area contributed by atoms with E-state index < -0.39 is 11.6 Å². The van der Waals surface area contributed by atoms with Gasteiger partial charge in [-0.15, -0.1) is 0 Å². The lowest BCUT2D eigenvalue weighted by atomic mass is 9.91. The summed E-state index contributed by atoms with van der Waals surface area (Å²) in [5.41, 5.74) is 2.57. The molecule has 0 spiro atoms. The van der Waals surface area contributed by atoms with Gasteiger partial charge in [0.1, 0.15) is 17.4 Å². The Kier molecular flexibility index (Phi) is 6.23. The van der Waals surface area contributed by atoms with Crippen LogP contribution in [0.15, 0.2) is 78.9 Å². The van der Waals surface area contributed by atoms with Crippen LogP contribution in [0.3, 0.4) is 0 Å². The van der Waals surface area contributed by atoms with E-state index in [1.807, 2.05) is 48.5 Å². The van der Waals surface area contributed by atoms with Crippen molar-refractivity contribution in [3.05, 3.63) is 107 Å². The Balaban J connectivity index is 1.71. The molecule has 1 heterocycles. The van der Waals surface area contributed by atoms with Crippen molar-refractivity contribution in [3.8, 4) is 5.75 Å². The largest absolute Gasteiger partial charge is 0.497 e. The van der Waals surface area contributed by atoms with Gasteiger partial charge in [0, 0.05) is 17.7 Å². The highest BCUT2D eigenvalue weighted by atomic mass is 19.1. The molecule has 0 amide bonds. The van der Waals surface area contributed by atoms with E-state index in [0.29, 0.717) is 24.3 Å². The zero-order valence-electron chi connectivity index (χ0n) is 17.2. The Morgan fingerprint density at radius 3 is 2.61 bits per heavy atom. The molecule has 1 unspecified atom stereocenters. The molecule has 1 aliphatic rings. The second-order valence-corrected chi connectivity index (χ2v) is 7.55. The number of benzene rings is 3. The van der Waals surface area contributed by atoms with E-state index in [1.165, 1.54) is 6.07 Å². The molecule has 0 aliphatic carbocycles. The predicted molar refractivity (Wildman–Crippen MR) is 117 cm³/mol. The first-order chi connectivity index (χ1) is 15.0. The predicted octanol–water partition coefficient (Wildman–Crippen LogP) is 5.69. The third-order valence-electron chi connectivity index (χ3n) is 5.57. The van der Waals surface area contributed by atoms with E-state index in [9.17, 15) is 13.6 Å². The minimum absolute atomic E-state index is 0.0160. The van der Waals surface area contributed by atoms with Crippen molar-refractivity contribution in [2.45, 2.75) is 12.5 Å². The molecule has 0 saturated heterocycles. The maximum absolute atomic E-state index is 14.4. The summed E-state index contributed by atoms with van der Waals surface area (Å²) in [4.78, 5) is 14.9. The number of hydrogen-bond donors (Lipinski definition) is 0. The fraction of sp³-hybridized carbons (Fsp3) is 0.192. The molecule has 158 valence electrons. The summed E-state index contributed by atoms with van der Waals surface area (Å²) < 4.78 is 33.6. The first-order valence-corrected chi connectivity index (χ1v) is 10.2. The Labute approximate surface area is 180 Å². The number of hydrogen-bond acceptors (Lipinski definition) is 3. The lowest BCUT2D eigenvalue weighted by Crippen LogP contribution is -2.36. The molecule has 0 saturated carbocycles. The number of halogens is 2. The molecule has 1 aliphatic heterocycles. The minimum atomic E-state index is -0.475. The first kappa shape index (κ1) is 20.9. The molecule has 1 atom stereocenters. The summed E-state index contributed by atoms with van der Waals surface area (Å²) in [7, 11) is 1.60. The van der Waals surface area contributed by atoms with Crippen molar-refractivity contribution in [1.82, 2.24) is 4.90 Å². The second-order valence-electron chi connectivity index (χ2n) is 7.55. The Hall–Kier alpha value is -3.31. The normalized spacial score (nSPS) is 16.6. The molecule has 5 heteroatoms. The summed E-state index contributed by atoms with van der Waals surface area (Å²) in [5.74, 6) is -0.214. The Bertz CT molecular complexity index is 1110. The van der Waals surface area contributed by atoms with E-state index in [4.69, 9.17) is 4.74 Å². The molecule has 3 aromatic rings. The fourth-order valence-corrected chi connectivity index (χ4v) is 3.96. The molecule has 4 rings (SSSR count). The number of carbonyl (C=O) groups excluding carboxylic acids is 1. The van der Waals surface area contributed by atoms with Crippen molar-refractivity contribution in [2.24, 2.45) is 0 Å². The van der Waals surface area contributed by atoms with Crippen molar-refractivity contribution in [3.63, 3.8) is 0 Å². The van der Waals surface area contributed by atoms with Crippen LogP contribution in [-0.2, 0) is 0 Å². The van der Waals surface area contributed by atoms with Gasteiger partial charge < -0.3 is 4.74 Å². The van der Waals surface area contributed by atoms with Crippen LogP contribution in [0.4, 0.5) is 8.78 Å². The van der Waals surface area contributed by atoms with Crippen LogP contribution in [0.1, 0.15) is 33.9 Å². The number of Topliss-reactive ketones (excluding diaryl/α,β-unsaturated/α-hetero) is 1. The topological polar surface area (TPSA) is 29.5 Å². The van der Waals surface area contributed by atoms with Crippen LogP contribution in [0.2, 0.25) is 0 Å². The van der Waals surface area contributed by atoms with Crippen molar-refractivity contribution < 1.29 is 18.3 Å². The number of carbonyl (C=O) groups is 1. The summed E-state index contributed by atoms with van der Waals surface area (Å²) >= 11 is 0. The van der Waals surface area contributed by atoms with Crippen LogP contribution < -0.4 is 4.74 Å². The van der Waals surface area contributed by atoms with Gasteiger partial charge in [-0.1, -0.05) is 48.5 Å². The van der Waals surface area contributed by atoms with Gasteiger partial charge in [0.25, 0.3) is 0 Å². The highest BCUT2D eigenvalue weighted by Gasteiger charge is 2.27. The molecule has 0 aromatic heterocycles. The molecule has 3 aromatic carbocycles. The molecule has 0 bridgehead atoms. The monoisotopic (exact) mass is 419 g/mol. The second kappa shape index (κ2) is 9.23. The van der Waals surface area contributed by atoms with Crippen LogP contribution in [0.5, 0.6) is 5.75 Å². The number of methoxy groups -OCH3 is 1. The molecule has 31 heavy (non-hydrogen) atoms. The highest BCUT2D eigenvalue weighted by molar-refractivity contribution is 5.97. The third kappa shape index (κ3) is 4.72. The van der Waals surface area contributed by atoms with Gasteiger partial charge in [-0.05, 0) is 47.9 Å². The first-order valence-electron chi connectivity index (χ1n) is 10.2. The van der Waals surface area contributed by atoms with Gasteiger partial charge >= 0.3 is 0 Å². The molecule has 0 N–H and O–H groups in total. The van der Waals surface area contributed by atoms with Gasteiger partial charge in [0.2, 0.25) is 0 Å². The van der Waals surface area contributed by atoms with E-state index >= 15 is 0 Å². The van der Waals surface area contributed by atoms with Gasteiger partial charge in [-0.3, -0.25) is 9.69 Å². The average molecular weight is 419 g/mol. The Morgan fingerprint density at radius 1 is 1.03 bits per heavy atom. The molecule has 3 nitrogen and oxygen atoms in total. The molecule has 0 fully saturated rings. The number of ketones is 1. The smallest absolute Gasteiger partial charge is 0.176 e. The molecule has 0 radical (unpaired) electrons. The van der Waals surface area contributed by atoms with Gasteiger partial charge in [-0.2, -0.15) is 0 Å². The van der Waals surface area contributed by atoms with Gasteiger partial charge in [0.05, 0.1) is 19.7 Å². The molecular weight excluding hydrogens is 396 g/mol. The standard InChI is InChI=1S/C26H23F2NO2/c1-31-22-9-5-8-20(14-22)25-15-19(23-16-21(27)10-11-24(23)28)12-13-29(25)17-26(30)18-6-3-2-4-7-18/h2-11,14-16,25H,12-13,17H2,1H3. The average Bonchev–Trinajstić information content (AvgIpc) is 2.81. The maximum Gasteiger partial charge on any atom is 0.176 e. The number of rotatable bonds is 6. The summed E-state index contributed by atoms with van der Waals surface area (Å²) in [6.45, 7) is 0.767. The Morgan fingerprint density at radius 2 is 1.84 bits per heavy atom. The zero-order chi connectivity index (χ0) is 21.8. The maximum atomic E-state index is 14.4. The number of nitrogens with zero attached hydrogens (tertiary/aromatic N) is 1. The summed E-state index contributed by atoms with van der Waals surface area (Å²) in [6, 6.07) is 20.0. The van der Waals surface area contributed by atoms with E-state index in [-0.39, 0.29) is 23.9 Å². The lowest BCUT2D eigenvalue weighted by molar-refractivity contribution is 0.0908. The zero-order valence-corrected chi connectivity index (χ0v) is 17.2. The van der Waals surface area contributed by atoms with Gasteiger partial charge in [-0.25, -0.2) is 8.78 Å². The third-order valence-corrected chi connectivity index (χ3v) is 5.57. The fourth-order valence-electron chi connectivity index (χ4n) is 3.96. The van der Waals surface area contributed by atoms with Crippen LogP contribution in [-0.4, -0.2) is 30.9 Å². The minimum Gasteiger partial charge on any atom is -0.497 e. The van der Waals surface area contributed by atoms with Crippen molar-refractivity contribution in [2.75, 3.05) is 20.2 Å². The highest BCUT2D eigenvalue weighted by Crippen LogP contribution is 2.35. The van der Waals surface area contributed by atoms with E-state index in [1.54, 1.807) is 19.2 Å². The van der Waals surface area contributed by atoms with E-state index in [0.717, 1.165) is 23.3 Å². The van der Waals surface area contributed by atoms with Crippen molar-refractivity contribution >= 4 is 11.4 Å². The van der Waals surface area contributed by atoms with Crippen molar-refractivity contribution in [1.29, 1.82) is 0 Å². The van der Waals surface area contributed by atoms with Crippen LogP contribution in [0.25, 0.3) is 5.57 Å². The van der Waals surface area contributed by atoms with Crippen LogP contribution in [0, 0.1) is 11.6 Å². The quantitative estimate of drug-likeness (QED) is 0.481. The van der Waals surface area contributed by atoms with E-state index in [2.05, 4.69) is 4.90 Å².